The second-order valence-electron chi connectivity index (χ2n) is 5.45. The van der Waals surface area contributed by atoms with Crippen molar-refractivity contribution in [3.63, 3.8) is 0 Å². The van der Waals surface area contributed by atoms with Gasteiger partial charge in [-0.3, -0.25) is 4.79 Å². The lowest BCUT2D eigenvalue weighted by Crippen LogP contribution is -2.09. The number of aryl methyl sites for hydroxylation is 1. The van der Waals surface area contributed by atoms with Crippen molar-refractivity contribution in [2.45, 2.75) is 33.6 Å². The summed E-state index contributed by atoms with van der Waals surface area (Å²) >= 11 is 0. The van der Waals surface area contributed by atoms with Crippen molar-refractivity contribution in [1.82, 2.24) is 19.6 Å². The molecule has 3 heterocycles. The fraction of sp³-hybridized carbons (Fsp3) is 0.333. The summed E-state index contributed by atoms with van der Waals surface area (Å²) in [6, 6.07) is 5.37. The first kappa shape index (κ1) is 14.2. The van der Waals surface area contributed by atoms with E-state index in [0.717, 1.165) is 5.76 Å². The number of anilines is 1. The smallest absolute Gasteiger partial charge is 0.222 e. The monoisotopic (exact) mass is 299 g/mol. The average Bonchev–Trinajstić information content (AvgIpc) is 3.03. The molecule has 3 rings (SSSR count). The summed E-state index contributed by atoms with van der Waals surface area (Å²) in [5.41, 5.74) is 0.617. The van der Waals surface area contributed by atoms with Crippen LogP contribution < -0.4 is 5.32 Å². The summed E-state index contributed by atoms with van der Waals surface area (Å²) in [7, 11) is 0. The SMILES string of the molecule is CC(=O)Nc1cc2nc(C(C)C)nn2c(-c2ccc(C)o2)n1. The lowest BCUT2D eigenvalue weighted by molar-refractivity contribution is -0.114. The topological polar surface area (TPSA) is 85.3 Å². The number of fused-ring (bicyclic) bond motifs is 1. The van der Waals surface area contributed by atoms with E-state index in [4.69, 9.17) is 4.42 Å². The fourth-order valence-electron chi connectivity index (χ4n) is 2.11. The van der Waals surface area contributed by atoms with Gasteiger partial charge in [0.15, 0.2) is 17.2 Å². The number of aromatic nitrogens is 4. The summed E-state index contributed by atoms with van der Waals surface area (Å²) in [5.74, 6) is 3.00. The Morgan fingerprint density at radius 1 is 1.32 bits per heavy atom. The lowest BCUT2D eigenvalue weighted by atomic mass is 10.2. The number of amides is 1. The van der Waals surface area contributed by atoms with E-state index in [2.05, 4.69) is 20.4 Å². The molecular formula is C15H17N5O2. The van der Waals surface area contributed by atoms with E-state index in [-0.39, 0.29) is 11.8 Å². The minimum atomic E-state index is -0.193. The molecule has 1 N–H and O–H groups in total. The maximum absolute atomic E-state index is 11.3. The molecule has 0 atom stereocenters. The predicted molar refractivity (Wildman–Crippen MR) is 81.6 cm³/mol. The number of furan rings is 1. The van der Waals surface area contributed by atoms with Crippen LogP contribution >= 0.6 is 0 Å². The highest BCUT2D eigenvalue weighted by Crippen LogP contribution is 2.24. The largest absolute Gasteiger partial charge is 0.458 e. The Morgan fingerprint density at radius 2 is 2.09 bits per heavy atom. The molecule has 3 aromatic rings. The molecule has 3 aromatic heterocycles. The molecule has 0 aliphatic heterocycles. The van der Waals surface area contributed by atoms with Crippen LogP contribution in [0.1, 0.15) is 38.3 Å². The van der Waals surface area contributed by atoms with Crippen molar-refractivity contribution >= 4 is 17.4 Å². The minimum absolute atomic E-state index is 0.190. The first-order valence-corrected chi connectivity index (χ1v) is 7.06. The minimum Gasteiger partial charge on any atom is -0.458 e. The molecule has 114 valence electrons. The van der Waals surface area contributed by atoms with E-state index in [0.29, 0.717) is 28.9 Å². The third-order valence-corrected chi connectivity index (χ3v) is 3.12. The summed E-state index contributed by atoms with van der Waals surface area (Å²) in [6.07, 6.45) is 0. The van der Waals surface area contributed by atoms with Crippen molar-refractivity contribution in [2.75, 3.05) is 5.32 Å². The zero-order valence-corrected chi connectivity index (χ0v) is 12.9. The van der Waals surface area contributed by atoms with Crippen LogP contribution in [0.15, 0.2) is 22.6 Å². The first-order valence-electron chi connectivity index (χ1n) is 7.06. The van der Waals surface area contributed by atoms with Gasteiger partial charge in [-0.15, -0.1) is 5.10 Å². The van der Waals surface area contributed by atoms with Crippen molar-refractivity contribution in [3.8, 4) is 11.6 Å². The van der Waals surface area contributed by atoms with Crippen LogP contribution in [0.25, 0.3) is 17.2 Å². The van der Waals surface area contributed by atoms with Gasteiger partial charge in [0.2, 0.25) is 11.7 Å². The van der Waals surface area contributed by atoms with E-state index >= 15 is 0 Å². The Kier molecular flexibility index (Phi) is 3.40. The molecule has 0 saturated carbocycles. The average molecular weight is 299 g/mol. The number of carbonyl (C=O) groups excluding carboxylic acids is 1. The normalized spacial score (nSPS) is 11.3. The molecule has 7 heteroatoms. The van der Waals surface area contributed by atoms with E-state index in [1.54, 1.807) is 10.6 Å². The summed E-state index contributed by atoms with van der Waals surface area (Å²) in [4.78, 5) is 20.2. The van der Waals surface area contributed by atoms with Crippen LogP contribution in [0.3, 0.4) is 0 Å². The van der Waals surface area contributed by atoms with E-state index in [1.807, 2.05) is 32.9 Å². The molecule has 7 nitrogen and oxygen atoms in total. The molecule has 0 aromatic carbocycles. The highest BCUT2D eigenvalue weighted by Gasteiger charge is 2.17. The number of nitrogens with zero attached hydrogens (tertiary/aromatic N) is 4. The highest BCUT2D eigenvalue weighted by atomic mass is 16.3. The van der Waals surface area contributed by atoms with Gasteiger partial charge < -0.3 is 9.73 Å². The van der Waals surface area contributed by atoms with Gasteiger partial charge in [-0.2, -0.15) is 4.52 Å². The van der Waals surface area contributed by atoms with Gasteiger partial charge in [-0.1, -0.05) is 13.8 Å². The molecule has 0 spiro atoms. The standard InChI is InChI=1S/C15H17N5O2/c1-8(2)14-18-13-7-12(16-10(4)21)17-15(20(13)19-14)11-6-5-9(3)22-11/h5-8H,1-4H3,(H,16,21). The molecule has 0 unspecified atom stereocenters. The third-order valence-electron chi connectivity index (χ3n) is 3.12. The number of hydrogen-bond acceptors (Lipinski definition) is 5. The second-order valence-corrected chi connectivity index (χ2v) is 5.45. The second kappa shape index (κ2) is 5.25. The van der Waals surface area contributed by atoms with Crippen molar-refractivity contribution in [3.05, 3.63) is 29.8 Å². The van der Waals surface area contributed by atoms with Gasteiger partial charge in [0.1, 0.15) is 11.6 Å². The molecule has 0 bridgehead atoms. The zero-order valence-electron chi connectivity index (χ0n) is 12.9. The Hall–Kier alpha value is -2.70. The zero-order chi connectivity index (χ0) is 15.9. The quantitative estimate of drug-likeness (QED) is 0.803. The van der Waals surface area contributed by atoms with Crippen LogP contribution in [0, 0.1) is 6.92 Å². The van der Waals surface area contributed by atoms with Gasteiger partial charge in [0.25, 0.3) is 0 Å². The maximum Gasteiger partial charge on any atom is 0.222 e. The van der Waals surface area contributed by atoms with Gasteiger partial charge in [-0.25, -0.2) is 9.97 Å². The summed E-state index contributed by atoms with van der Waals surface area (Å²) < 4.78 is 7.28. The van der Waals surface area contributed by atoms with Crippen molar-refractivity contribution < 1.29 is 9.21 Å². The number of rotatable bonds is 3. The predicted octanol–water partition coefficient (Wildman–Crippen LogP) is 2.77. The Morgan fingerprint density at radius 3 is 2.68 bits per heavy atom. The van der Waals surface area contributed by atoms with Crippen molar-refractivity contribution in [2.24, 2.45) is 0 Å². The molecular weight excluding hydrogens is 282 g/mol. The molecule has 22 heavy (non-hydrogen) atoms. The molecule has 0 fully saturated rings. The molecule has 0 radical (unpaired) electrons. The maximum atomic E-state index is 11.3. The molecule has 0 saturated heterocycles. The van der Waals surface area contributed by atoms with E-state index < -0.39 is 0 Å². The third kappa shape index (κ3) is 2.57. The summed E-state index contributed by atoms with van der Waals surface area (Å²) in [6.45, 7) is 7.34. The number of carbonyl (C=O) groups is 1. The van der Waals surface area contributed by atoms with Gasteiger partial charge in [0, 0.05) is 18.9 Å². The summed E-state index contributed by atoms with van der Waals surface area (Å²) in [5, 5.41) is 7.17. The lowest BCUT2D eigenvalue weighted by Gasteiger charge is -2.05. The Labute approximate surface area is 127 Å². The molecule has 0 aliphatic carbocycles. The fourth-order valence-corrected chi connectivity index (χ4v) is 2.11. The van der Waals surface area contributed by atoms with Crippen LogP contribution in [0.5, 0.6) is 0 Å². The van der Waals surface area contributed by atoms with Crippen molar-refractivity contribution in [1.29, 1.82) is 0 Å². The Balaban J connectivity index is 2.23. The van der Waals surface area contributed by atoms with Gasteiger partial charge >= 0.3 is 0 Å². The van der Waals surface area contributed by atoms with Crippen LogP contribution in [-0.2, 0) is 4.79 Å². The number of nitrogens with one attached hydrogen (secondary N) is 1. The highest BCUT2D eigenvalue weighted by molar-refractivity contribution is 5.88. The van der Waals surface area contributed by atoms with E-state index in [1.165, 1.54) is 6.92 Å². The molecule has 1 amide bonds. The first-order chi connectivity index (χ1) is 10.4. The van der Waals surface area contributed by atoms with Gasteiger partial charge in [0.05, 0.1) is 0 Å². The van der Waals surface area contributed by atoms with Gasteiger partial charge in [-0.05, 0) is 19.1 Å². The van der Waals surface area contributed by atoms with Crippen LogP contribution in [-0.4, -0.2) is 25.5 Å². The van der Waals surface area contributed by atoms with E-state index in [9.17, 15) is 4.79 Å². The van der Waals surface area contributed by atoms with Crippen LogP contribution in [0.2, 0.25) is 0 Å². The molecule has 0 aliphatic rings. The number of hydrogen-bond donors (Lipinski definition) is 1. The Bertz CT molecular complexity index is 847. The van der Waals surface area contributed by atoms with Crippen LogP contribution in [0.4, 0.5) is 5.82 Å².